The highest BCUT2D eigenvalue weighted by atomic mass is 16.7. The highest BCUT2D eigenvalue weighted by Crippen LogP contribution is 2.20. The predicted octanol–water partition coefficient (Wildman–Crippen LogP) is 2.57. The van der Waals surface area contributed by atoms with Crippen molar-refractivity contribution in [3.05, 3.63) is 40.6 Å². The molecular weight excluding hydrogens is 320 g/mol. The number of rotatable bonds is 6. The van der Waals surface area contributed by atoms with E-state index >= 15 is 0 Å². The first-order valence-electron chi connectivity index (χ1n) is 8.76. The van der Waals surface area contributed by atoms with Gasteiger partial charge >= 0.3 is 0 Å². The molecular formula is C18H28N4O3. The van der Waals surface area contributed by atoms with Crippen LogP contribution in [0.4, 0.5) is 0 Å². The molecule has 7 nitrogen and oxygen atoms in total. The predicted molar refractivity (Wildman–Crippen MR) is 94.6 cm³/mol. The van der Waals surface area contributed by atoms with Crippen molar-refractivity contribution >= 4 is 5.91 Å². The van der Waals surface area contributed by atoms with Crippen LogP contribution < -0.4 is 0 Å². The Balaban J connectivity index is 1.93. The van der Waals surface area contributed by atoms with E-state index in [1.54, 1.807) is 0 Å². The lowest BCUT2D eigenvalue weighted by Crippen LogP contribution is -2.51. The Labute approximate surface area is 149 Å². The first-order chi connectivity index (χ1) is 11.9. The molecule has 1 unspecified atom stereocenters. The molecule has 1 aliphatic heterocycles. The second kappa shape index (κ2) is 8.69. The molecule has 138 valence electrons. The zero-order valence-electron chi connectivity index (χ0n) is 15.5. The molecule has 2 rings (SSSR count). The molecule has 0 aliphatic carbocycles. The lowest BCUT2D eigenvalue weighted by molar-refractivity contribution is -0.711. The van der Waals surface area contributed by atoms with Crippen LogP contribution in [0, 0.1) is 11.1 Å². The number of hydrogen-bond acceptors (Lipinski definition) is 4. The van der Waals surface area contributed by atoms with Crippen molar-refractivity contribution in [2.24, 2.45) is 11.2 Å². The number of carbonyl (C=O) groups excluding carboxylic acids is 1. The third-order valence-corrected chi connectivity index (χ3v) is 4.46. The Kier molecular flexibility index (Phi) is 6.61. The van der Waals surface area contributed by atoms with Crippen LogP contribution in [0.3, 0.4) is 0 Å². The van der Waals surface area contributed by atoms with E-state index in [1.165, 1.54) is 17.7 Å². The van der Waals surface area contributed by atoms with E-state index in [-0.39, 0.29) is 11.8 Å². The zero-order chi connectivity index (χ0) is 18.4. The number of benzene rings is 1. The van der Waals surface area contributed by atoms with Gasteiger partial charge in [-0.15, -0.1) is 5.01 Å². The van der Waals surface area contributed by atoms with E-state index in [0.717, 1.165) is 12.0 Å². The first-order valence-corrected chi connectivity index (χ1v) is 8.76. The van der Waals surface area contributed by atoms with Crippen molar-refractivity contribution in [2.45, 2.75) is 33.1 Å². The first kappa shape index (κ1) is 19.0. The molecule has 1 fully saturated rings. The summed E-state index contributed by atoms with van der Waals surface area (Å²) in [5.41, 5.74) is 2.32. The number of piperazine rings is 1. The molecule has 0 radical (unpaired) electrons. The van der Waals surface area contributed by atoms with Crippen LogP contribution in [0.2, 0.25) is 0 Å². The van der Waals surface area contributed by atoms with Crippen LogP contribution in [0.5, 0.6) is 0 Å². The summed E-state index contributed by atoms with van der Waals surface area (Å²) in [7, 11) is 1.33. The van der Waals surface area contributed by atoms with Crippen molar-refractivity contribution in [1.82, 2.24) is 9.91 Å². The molecule has 0 saturated carbocycles. The van der Waals surface area contributed by atoms with Gasteiger partial charge in [-0.25, -0.2) is 0 Å². The molecule has 1 heterocycles. The van der Waals surface area contributed by atoms with Crippen LogP contribution >= 0.6 is 0 Å². The van der Waals surface area contributed by atoms with Crippen molar-refractivity contribution in [1.29, 1.82) is 0 Å². The van der Waals surface area contributed by atoms with E-state index in [0.29, 0.717) is 37.1 Å². The summed E-state index contributed by atoms with van der Waals surface area (Å²) in [6, 6.07) is 8.32. The van der Waals surface area contributed by atoms with E-state index < -0.39 is 0 Å². The maximum Gasteiger partial charge on any atom is 0.232 e. The minimum absolute atomic E-state index is 0.0948. The fourth-order valence-electron chi connectivity index (χ4n) is 3.04. The fourth-order valence-corrected chi connectivity index (χ4v) is 3.04. The molecule has 0 aromatic heterocycles. The second-order valence-electron chi connectivity index (χ2n) is 6.86. The maximum atomic E-state index is 12.7. The van der Waals surface area contributed by atoms with Gasteiger partial charge in [0.1, 0.15) is 7.11 Å². The van der Waals surface area contributed by atoms with E-state index in [1.807, 2.05) is 24.0 Å². The summed E-state index contributed by atoms with van der Waals surface area (Å²) in [5, 5.41) is 16.4. The minimum Gasteiger partial charge on any atom is -0.569 e. The lowest BCUT2D eigenvalue weighted by Gasteiger charge is -2.33. The molecule has 0 N–H and O–H groups in total. The van der Waals surface area contributed by atoms with Crippen molar-refractivity contribution in [2.75, 3.05) is 33.3 Å². The van der Waals surface area contributed by atoms with Crippen molar-refractivity contribution < 1.29 is 14.6 Å². The molecule has 1 amide bonds. The molecule has 7 heteroatoms. The zero-order valence-corrected chi connectivity index (χ0v) is 15.5. The summed E-state index contributed by atoms with van der Waals surface area (Å²) >= 11 is 0. The van der Waals surface area contributed by atoms with Crippen LogP contribution in [0.1, 0.15) is 37.8 Å². The van der Waals surface area contributed by atoms with Crippen molar-refractivity contribution in [3.63, 3.8) is 0 Å². The van der Waals surface area contributed by atoms with E-state index in [2.05, 4.69) is 36.1 Å². The standard InChI is InChI=1S/C18H28N4O3/c1-14(2)13-16-5-7-17(8-6-16)15(3)18(23)20-9-11-21(12-10-20)22(24)19-25-4/h5-8,14-15H,9-13H2,1-4H3/b22-19-. The third kappa shape index (κ3) is 5.08. The van der Waals surface area contributed by atoms with Crippen LogP contribution in [-0.4, -0.2) is 54.1 Å². The molecule has 0 spiro atoms. The average Bonchev–Trinajstić information content (AvgIpc) is 2.61. The highest BCUT2D eigenvalue weighted by Gasteiger charge is 2.28. The third-order valence-electron chi connectivity index (χ3n) is 4.46. The Hall–Kier alpha value is -2.31. The molecule has 25 heavy (non-hydrogen) atoms. The average molecular weight is 348 g/mol. The van der Waals surface area contributed by atoms with Gasteiger partial charge in [0.05, 0.1) is 24.0 Å². The smallest absolute Gasteiger partial charge is 0.232 e. The number of amides is 1. The van der Waals surface area contributed by atoms with Gasteiger partial charge < -0.3 is 14.9 Å². The number of carbonyl (C=O) groups is 1. The van der Waals surface area contributed by atoms with Gasteiger partial charge in [0, 0.05) is 13.1 Å². The van der Waals surface area contributed by atoms with E-state index in [9.17, 15) is 10.0 Å². The number of nitrogens with zero attached hydrogens (tertiary/aromatic N) is 4. The molecule has 1 saturated heterocycles. The summed E-state index contributed by atoms with van der Waals surface area (Å²) in [4.78, 5) is 19.5. The van der Waals surface area contributed by atoms with Gasteiger partial charge in [0.15, 0.2) is 0 Å². The van der Waals surface area contributed by atoms with Crippen molar-refractivity contribution in [3.8, 4) is 0 Å². The van der Waals surface area contributed by atoms with Gasteiger partial charge in [-0.3, -0.25) is 4.79 Å². The van der Waals surface area contributed by atoms with Crippen LogP contribution in [-0.2, 0) is 16.1 Å². The molecule has 1 aromatic rings. The normalized spacial score (nSPS) is 16.9. The summed E-state index contributed by atoms with van der Waals surface area (Å²) in [5.74, 6) is 0.524. The molecule has 1 atom stereocenters. The van der Waals surface area contributed by atoms with Crippen LogP contribution in [0.25, 0.3) is 0 Å². The molecule has 0 bridgehead atoms. The molecule has 1 aromatic carbocycles. The fraction of sp³-hybridized carbons (Fsp3) is 0.611. The lowest BCUT2D eigenvalue weighted by atomic mass is 9.96. The van der Waals surface area contributed by atoms with Gasteiger partial charge in [0.2, 0.25) is 11.2 Å². The summed E-state index contributed by atoms with van der Waals surface area (Å²) in [6.45, 7) is 8.24. The number of hydrogen-bond donors (Lipinski definition) is 0. The summed E-state index contributed by atoms with van der Waals surface area (Å²) < 4.78 is 0. The maximum absolute atomic E-state index is 12.7. The summed E-state index contributed by atoms with van der Waals surface area (Å²) in [6.07, 6.45) is 1.04. The minimum atomic E-state index is -0.188. The van der Waals surface area contributed by atoms with Gasteiger partial charge in [-0.2, -0.15) is 0 Å². The Morgan fingerprint density at radius 1 is 1.20 bits per heavy atom. The SMILES string of the molecule is CO/N=[N+](\[O-])N1CCN(C(=O)C(C)c2ccc(CC(C)C)cc2)CC1. The second-order valence-corrected chi connectivity index (χ2v) is 6.86. The Bertz CT molecular complexity index is 593. The molecule has 1 aliphatic rings. The topological polar surface area (TPSA) is 71.2 Å². The largest absolute Gasteiger partial charge is 0.569 e. The van der Waals surface area contributed by atoms with Gasteiger partial charge in [-0.05, 0) is 30.4 Å². The quantitative estimate of drug-likeness (QED) is 0.450. The van der Waals surface area contributed by atoms with Crippen LogP contribution in [0.15, 0.2) is 29.5 Å². The monoisotopic (exact) mass is 348 g/mol. The Morgan fingerprint density at radius 2 is 1.80 bits per heavy atom. The highest BCUT2D eigenvalue weighted by molar-refractivity contribution is 5.83. The van der Waals surface area contributed by atoms with E-state index in [4.69, 9.17) is 0 Å². The van der Waals surface area contributed by atoms with Gasteiger partial charge in [-0.1, -0.05) is 38.1 Å². The number of hydrazine groups is 1. The Morgan fingerprint density at radius 3 is 2.32 bits per heavy atom. The van der Waals surface area contributed by atoms with Gasteiger partial charge in [0.25, 0.3) is 0 Å².